The zero-order valence-corrected chi connectivity index (χ0v) is 20.3. The molecule has 1 unspecified atom stereocenters. The number of amides is 2. The number of likely N-dealkylation sites (tertiary alicyclic amines) is 1. The number of aliphatic hydroxyl groups excluding tert-OH is 1. The van der Waals surface area contributed by atoms with Crippen molar-refractivity contribution in [3.05, 3.63) is 70.4 Å². The number of hydrogen-bond donors (Lipinski definition) is 1. The van der Waals surface area contributed by atoms with Crippen LogP contribution in [0.4, 0.5) is 5.69 Å². The van der Waals surface area contributed by atoms with Gasteiger partial charge in [-0.1, -0.05) is 56.7 Å². The Hall–Kier alpha value is -2.92. The fourth-order valence-corrected chi connectivity index (χ4v) is 4.91. The Morgan fingerprint density at radius 1 is 1.00 bits per heavy atom. The molecule has 4 rings (SSSR count). The number of carbonyl (C=O) groups excluding carboxylic acids is 2. The van der Waals surface area contributed by atoms with E-state index in [1.165, 1.54) is 4.90 Å². The van der Waals surface area contributed by atoms with Crippen molar-refractivity contribution in [1.82, 2.24) is 4.90 Å². The predicted molar refractivity (Wildman–Crippen MR) is 132 cm³/mol. The molecule has 0 aliphatic carbocycles. The van der Waals surface area contributed by atoms with E-state index in [1.54, 1.807) is 0 Å². The van der Waals surface area contributed by atoms with Crippen molar-refractivity contribution in [2.75, 3.05) is 24.6 Å². The molecule has 2 aliphatic rings. The van der Waals surface area contributed by atoms with Crippen molar-refractivity contribution >= 4 is 23.1 Å². The standard InChI is InChI=1S/C28H34N2O3/c1-18-8-13-23(19(2)15-18)24-25(29-14-6-7-20(16-29)17-31)27(33)30(26(24)32)22-11-9-21(10-12-22)28(3,4)5/h8-13,15,20,31H,6-7,14,16-17H2,1-5H3. The minimum atomic E-state index is -0.281. The van der Waals surface area contributed by atoms with E-state index in [0.717, 1.165) is 35.1 Å². The Kier molecular flexibility index (Phi) is 6.19. The smallest absolute Gasteiger partial charge is 0.282 e. The van der Waals surface area contributed by atoms with Gasteiger partial charge in [-0.25, -0.2) is 4.90 Å². The summed E-state index contributed by atoms with van der Waals surface area (Å²) in [5.41, 5.74) is 5.54. The Morgan fingerprint density at radius 2 is 1.70 bits per heavy atom. The summed E-state index contributed by atoms with van der Waals surface area (Å²) < 4.78 is 0. The Bertz CT molecular complexity index is 1110. The van der Waals surface area contributed by atoms with Crippen molar-refractivity contribution in [2.24, 2.45) is 5.92 Å². The third kappa shape index (κ3) is 4.34. The molecule has 1 N–H and O–H groups in total. The maximum Gasteiger partial charge on any atom is 0.282 e. The van der Waals surface area contributed by atoms with E-state index in [2.05, 4.69) is 20.8 Å². The van der Waals surface area contributed by atoms with Gasteiger partial charge in [-0.15, -0.1) is 0 Å². The summed E-state index contributed by atoms with van der Waals surface area (Å²) in [4.78, 5) is 30.9. The van der Waals surface area contributed by atoms with Crippen LogP contribution in [0.25, 0.3) is 5.57 Å². The molecule has 0 bridgehead atoms. The average molecular weight is 447 g/mol. The maximum atomic E-state index is 13.8. The highest BCUT2D eigenvalue weighted by Crippen LogP contribution is 2.38. The van der Waals surface area contributed by atoms with Gasteiger partial charge in [-0.3, -0.25) is 9.59 Å². The molecule has 1 saturated heterocycles. The molecular weight excluding hydrogens is 412 g/mol. The molecule has 0 radical (unpaired) electrons. The van der Waals surface area contributed by atoms with E-state index in [1.807, 2.05) is 61.2 Å². The van der Waals surface area contributed by atoms with Gasteiger partial charge in [0.2, 0.25) is 0 Å². The first kappa shape index (κ1) is 23.2. The summed E-state index contributed by atoms with van der Waals surface area (Å²) in [6.45, 7) is 11.8. The van der Waals surface area contributed by atoms with Crippen LogP contribution < -0.4 is 4.90 Å². The zero-order valence-electron chi connectivity index (χ0n) is 20.3. The molecule has 2 heterocycles. The second-order valence-corrected chi connectivity index (χ2v) is 10.4. The molecule has 2 aromatic carbocycles. The van der Waals surface area contributed by atoms with Crippen LogP contribution >= 0.6 is 0 Å². The highest BCUT2D eigenvalue weighted by Gasteiger charge is 2.43. The zero-order chi connectivity index (χ0) is 23.9. The van der Waals surface area contributed by atoms with Gasteiger partial charge in [-0.2, -0.15) is 0 Å². The summed E-state index contributed by atoms with van der Waals surface area (Å²) in [7, 11) is 0. The number of benzene rings is 2. The third-order valence-electron chi connectivity index (χ3n) is 6.80. The number of aryl methyl sites for hydroxylation is 2. The van der Waals surface area contributed by atoms with Crippen LogP contribution in [0.15, 0.2) is 48.2 Å². The summed E-state index contributed by atoms with van der Waals surface area (Å²) in [6, 6.07) is 13.7. The summed E-state index contributed by atoms with van der Waals surface area (Å²) in [5.74, 6) is -0.455. The Balaban J connectivity index is 1.80. The van der Waals surface area contributed by atoms with Crippen molar-refractivity contribution < 1.29 is 14.7 Å². The van der Waals surface area contributed by atoms with Gasteiger partial charge in [0, 0.05) is 19.7 Å². The summed E-state index contributed by atoms with van der Waals surface area (Å²) in [6.07, 6.45) is 1.82. The maximum absolute atomic E-state index is 13.8. The second kappa shape index (κ2) is 8.79. The molecule has 1 fully saturated rings. The molecular formula is C28H34N2O3. The van der Waals surface area contributed by atoms with Gasteiger partial charge in [-0.05, 0) is 66.8 Å². The molecule has 2 aromatic rings. The van der Waals surface area contributed by atoms with Crippen LogP contribution in [-0.2, 0) is 15.0 Å². The van der Waals surface area contributed by atoms with Gasteiger partial charge < -0.3 is 10.0 Å². The van der Waals surface area contributed by atoms with E-state index in [0.29, 0.717) is 30.0 Å². The topological polar surface area (TPSA) is 60.9 Å². The summed E-state index contributed by atoms with van der Waals surface area (Å²) >= 11 is 0. The fraction of sp³-hybridized carbons (Fsp3) is 0.429. The van der Waals surface area contributed by atoms with E-state index in [-0.39, 0.29) is 29.8 Å². The van der Waals surface area contributed by atoms with Gasteiger partial charge in [0.15, 0.2) is 0 Å². The van der Waals surface area contributed by atoms with Gasteiger partial charge in [0.25, 0.3) is 11.8 Å². The number of imide groups is 1. The normalized spacial score (nSPS) is 19.6. The number of nitrogens with zero attached hydrogens (tertiary/aromatic N) is 2. The minimum Gasteiger partial charge on any atom is -0.396 e. The van der Waals surface area contributed by atoms with Crippen molar-refractivity contribution in [3.8, 4) is 0 Å². The van der Waals surface area contributed by atoms with Crippen molar-refractivity contribution in [2.45, 2.75) is 52.9 Å². The van der Waals surface area contributed by atoms with E-state index >= 15 is 0 Å². The number of rotatable bonds is 4. The second-order valence-electron chi connectivity index (χ2n) is 10.4. The lowest BCUT2D eigenvalue weighted by Gasteiger charge is -2.34. The molecule has 5 nitrogen and oxygen atoms in total. The first-order chi connectivity index (χ1) is 15.6. The largest absolute Gasteiger partial charge is 0.396 e. The molecule has 0 aromatic heterocycles. The molecule has 2 amide bonds. The van der Waals surface area contributed by atoms with Crippen LogP contribution in [0.3, 0.4) is 0 Å². The van der Waals surface area contributed by atoms with Gasteiger partial charge >= 0.3 is 0 Å². The molecule has 0 saturated carbocycles. The number of carbonyl (C=O) groups is 2. The van der Waals surface area contributed by atoms with Crippen LogP contribution in [-0.4, -0.2) is 41.5 Å². The number of piperidine rings is 1. The van der Waals surface area contributed by atoms with Crippen LogP contribution in [0.5, 0.6) is 0 Å². The molecule has 174 valence electrons. The Morgan fingerprint density at radius 3 is 2.30 bits per heavy atom. The highest BCUT2D eigenvalue weighted by molar-refractivity contribution is 6.45. The lowest BCUT2D eigenvalue weighted by Crippen LogP contribution is -2.40. The minimum absolute atomic E-state index is 0.0156. The molecule has 2 aliphatic heterocycles. The average Bonchev–Trinajstić information content (AvgIpc) is 3.03. The first-order valence-electron chi connectivity index (χ1n) is 11.8. The van der Waals surface area contributed by atoms with Crippen LogP contribution in [0.1, 0.15) is 55.9 Å². The predicted octanol–water partition coefficient (Wildman–Crippen LogP) is 4.59. The van der Waals surface area contributed by atoms with E-state index in [9.17, 15) is 14.7 Å². The fourth-order valence-electron chi connectivity index (χ4n) is 4.91. The van der Waals surface area contributed by atoms with E-state index in [4.69, 9.17) is 0 Å². The molecule has 5 heteroatoms. The lowest BCUT2D eigenvalue weighted by atomic mass is 9.87. The van der Waals surface area contributed by atoms with Gasteiger partial charge in [0.05, 0.1) is 11.3 Å². The first-order valence-corrected chi connectivity index (χ1v) is 11.8. The van der Waals surface area contributed by atoms with Crippen LogP contribution in [0.2, 0.25) is 0 Å². The summed E-state index contributed by atoms with van der Waals surface area (Å²) in [5, 5.41) is 9.74. The molecule has 1 atom stereocenters. The molecule has 33 heavy (non-hydrogen) atoms. The Labute approximate surface area is 196 Å². The number of anilines is 1. The van der Waals surface area contributed by atoms with Crippen molar-refractivity contribution in [3.63, 3.8) is 0 Å². The number of aliphatic hydroxyl groups is 1. The SMILES string of the molecule is Cc1ccc(C2=C(N3CCCC(CO)C3)C(=O)N(c3ccc(C(C)(C)C)cc3)C2=O)c(C)c1. The highest BCUT2D eigenvalue weighted by atomic mass is 16.3. The van der Waals surface area contributed by atoms with Crippen LogP contribution in [0, 0.1) is 19.8 Å². The lowest BCUT2D eigenvalue weighted by molar-refractivity contribution is -0.120. The van der Waals surface area contributed by atoms with E-state index < -0.39 is 0 Å². The van der Waals surface area contributed by atoms with Crippen molar-refractivity contribution in [1.29, 1.82) is 0 Å². The monoisotopic (exact) mass is 446 g/mol. The number of hydrogen-bond acceptors (Lipinski definition) is 4. The van der Waals surface area contributed by atoms with Gasteiger partial charge in [0.1, 0.15) is 5.70 Å². The molecule has 0 spiro atoms. The third-order valence-corrected chi connectivity index (χ3v) is 6.80. The quantitative estimate of drug-likeness (QED) is 0.698.